The predicted octanol–water partition coefficient (Wildman–Crippen LogP) is 2.70. The van der Waals surface area contributed by atoms with Crippen LogP contribution in [0.2, 0.25) is 0 Å². The van der Waals surface area contributed by atoms with Crippen LogP contribution in [0.25, 0.3) is 11.0 Å². The molecule has 1 fully saturated rings. The van der Waals surface area contributed by atoms with Gasteiger partial charge in [0.2, 0.25) is 0 Å². The van der Waals surface area contributed by atoms with Crippen LogP contribution in [-0.4, -0.2) is 51.9 Å². The third kappa shape index (κ3) is 4.41. The fourth-order valence-corrected chi connectivity index (χ4v) is 3.38. The molecule has 3 rings (SSSR count). The number of halogens is 3. The van der Waals surface area contributed by atoms with E-state index in [4.69, 9.17) is 0 Å². The molecule has 0 saturated carbocycles. The molecule has 2 heterocycles. The molecule has 1 aliphatic heterocycles. The summed E-state index contributed by atoms with van der Waals surface area (Å²) < 4.78 is 45.3. The monoisotopic (exact) mass is 358 g/mol. The second-order valence-corrected chi connectivity index (χ2v) is 6.54. The molecule has 2 aromatic rings. The van der Waals surface area contributed by atoms with Crippen molar-refractivity contribution >= 4 is 28.7 Å². The smallest absolute Gasteiger partial charge is 0.352 e. The fraction of sp³-hybridized carbons (Fsp3) is 0.533. The molecule has 24 heavy (non-hydrogen) atoms. The standard InChI is InChI=1S/C15H17F3N4OS/c16-15(17,18)9-22-5-3-10(4-6-22)8-19-14(23)11-1-2-12-13(7-11)21-24-20-12/h1-2,7,10H,3-6,8-9H2,(H,19,23). The van der Waals surface area contributed by atoms with E-state index in [-0.39, 0.29) is 11.8 Å². The number of likely N-dealkylation sites (tertiary alicyclic amines) is 1. The van der Waals surface area contributed by atoms with Crippen LogP contribution in [0.5, 0.6) is 0 Å². The van der Waals surface area contributed by atoms with Gasteiger partial charge in [-0.3, -0.25) is 9.69 Å². The number of nitrogens with zero attached hydrogens (tertiary/aromatic N) is 3. The summed E-state index contributed by atoms with van der Waals surface area (Å²) in [5, 5.41) is 2.86. The van der Waals surface area contributed by atoms with Gasteiger partial charge < -0.3 is 5.32 Å². The van der Waals surface area contributed by atoms with Crippen molar-refractivity contribution in [2.75, 3.05) is 26.2 Å². The topological polar surface area (TPSA) is 58.1 Å². The summed E-state index contributed by atoms with van der Waals surface area (Å²) in [6, 6.07) is 5.15. The van der Waals surface area contributed by atoms with E-state index < -0.39 is 12.7 Å². The van der Waals surface area contributed by atoms with Gasteiger partial charge in [-0.05, 0) is 50.0 Å². The highest BCUT2D eigenvalue weighted by Gasteiger charge is 2.32. The molecule has 1 saturated heterocycles. The van der Waals surface area contributed by atoms with Crippen molar-refractivity contribution in [1.29, 1.82) is 0 Å². The van der Waals surface area contributed by atoms with E-state index in [1.54, 1.807) is 18.2 Å². The highest BCUT2D eigenvalue weighted by atomic mass is 32.1. The van der Waals surface area contributed by atoms with Crippen molar-refractivity contribution in [2.24, 2.45) is 5.92 Å². The van der Waals surface area contributed by atoms with Crippen molar-refractivity contribution in [1.82, 2.24) is 19.0 Å². The van der Waals surface area contributed by atoms with Crippen LogP contribution >= 0.6 is 11.7 Å². The summed E-state index contributed by atoms with van der Waals surface area (Å²) >= 11 is 1.10. The van der Waals surface area contributed by atoms with Crippen LogP contribution in [-0.2, 0) is 0 Å². The number of amides is 1. The zero-order valence-electron chi connectivity index (χ0n) is 12.8. The summed E-state index contributed by atoms with van der Waals surface area (Å²) in [4.78, 5) is 13.6. The molecule has 0 atom stereocenters. The molecule has 9 heteroatoms. The number of aromatic nitrogens is 2. The Balaban J connectivity index is 1.47. The molecule has 1 aromatic heterocycles. The van der Waals surface area contributed by atoms with Crippen molar-refractivity contribution < 1.29 is 18.0 Å². The van der Waals surface area contributed by atoms with Crippen molar-refractivity contribution in [3.05, 3.63) is 23.8 Å². The molecule has 130 valence electrons. The van der Waals surface area contributed by atoms with E-state index in [0.717, 1.165) is 17.2 Å². The zero-order chi connectivity index (χ0) is 17.2. The largest absolute Gasteiger partial charge is 0.401 e. The molecule has 1 aromatic carbocycles. The minimum atomic E-state index is -4.15. The third-order valence-corrected chi connectivity index (χ3v) is 4.73. The second-order valence-electron chi connectivity index (χ2n) is 6.01. The van der Waals surface area contributed by atoms with E-state index in [2.05, 4.69) is 14.1 Å². The number of hydrogen-bond donors (Lipinski definition) is 1. The zero-order valence-corrected chi connectivity index (χ0v) is 13.7. The van der Waals surface area contributed by atoms with Crippen LogP contribution in [0, 0.1) is 5.92 Å². The molecule has 0 bridgehead atoms. The molecule has 1 aliphatic rings. The molecule has 1 N–H and O–H groups in total. The number of rotatable bonds is 4. The van der Waals surface area contributed by atoms with E-state index in [9.17, 15) is 18.0 Å². The quantitative estimate of drug-likeness (QED) is 0.913. The first kappa shape index (κ1) is 17.1. The highest BCUT2D eigenvalue weighted by Crippen LogP contribution is 2.22. The number of nitrogens with one attached hydrogen (secondary N) is 1. The normalized spacial score (nSPS) is 17.3. The molecule has 0 radical (unpaired) electrons. The molecule has 0 unspecified atom stereocenters. The van der Waals surface area contributed by atoms with Gasteiger partial charge in [-0.1, -0.05) is 0 Å². The van der Waals surface area contributed by atoms with Gasteiger partial charge in [-0.25, -0.2) is 0 Å². The SMILES string of the molecule is O=C(NCC1CCN(CC(F)(F)F)CC1)c1ccc2nsnc2c1. The number of benzene rings is 1. The number of carbonyl (C=O) groups is 1. The Labute approximate surface area is 141 Å². The van der Waals surface area contributed by atoms with Gasteiger partial charge >= 0.3 is 6.18 Å². The Kier molecular flexibility index (Phi) is 5.00. The second kappa shape index (κ2) is 7.02. The number of carbonyl (C=O) groups excluding carboxylic acids is 1. The van der Waals surface area contributed by atoms with Crippen LogP contribution < -0.4 is 5.32 Å². The van der Waals surface area contributed by atoms with E-state index in [1.807, 2.05) is 0 Å². The first-order valence-electron chi connectivity index (χ1n) is 7.70. The molecule has 5 nitrogen and oxygen atoms in total. The lowest BCUT2D eigenvalue weighted by Gasteiger charge is -2.32. The van der Waals surface area contributed by atoms with Gasteiger partial charge in [0, 0.05) is 12.1 Å². The molecular formula is C15H17F3N4OS. The Hall–Kier alpha value is -1.74. The summed E-state index contributed by atoms with van der Waals surface area (Å²) in [6.45, 7) is 0.451. The number of fused-ring (bicyclic) bond motifs is 1. The summed E-state index contributed by atoms with van der Waals surface area (Å²) in [6.07, 6.45) is -2.83. The summed E-state index contributed by atoms with van der Waals surface area (Å²) in [7, 11) is 0. The Morgan fingerprint density at radius 3 is 2.67 bits per heavy atom. The van der Waals surface area contributed by atoms with Gasteiger partial charge in [0.05, 0.1) is 18.3 Å². The first-order chi connectivity index (χ1) is 11.4. The van der Waals surface area contributed by atoms with Gasteiger partial charge in [0.1, 0.15) is 11.0 Å². The lowest BCUT2D eigenvalue weighted by atomic mass is 9.96. The van der Waals surface area contributed by atoms with Crippen LogP contribution in [0.1, 0.15) is 23.2 Å². The van der Waals surface area contributed by atoms with Crippen molar-refractivity contribution in [3.8, 4) is 0 Å². The van der Waals surface area contributed by atoms with Crippen molar-refractivity contribution in [2.45, 2.75) is 19.0 Å². The van der Waals surface area contributed by atoms with Crippen LogP contribution in [0.3, 0.4) is 0 Å². The van der Waals surface area contributed by atoms with Gasteiger partial charge in [-0.15, -0.1) is 0 Å². The average Bonchev–Trinajstić information content (AvgIpc) is 3.00. The third-order valence-electron chi connectivity index (χ3n) is 4.18. The average molecular weight is 358 g/mol. The molecule has 1 amide bonds. The number of piperidine rings is 1. The van der Waals surface area contributed by atoms with E-state index >= 15 is 0 Å². The van der Waals surface area contributed by atoms with Crippen molar-refractivity contribution in [3.63, 3.8) is 0 Å². The Morgan fingerprint density at radius 1 is 1.25 bits per heavy atom. The Morgan fingerprint density at radius 2 is 1.96 bits per heavy atom. The summed E-state index contributed by atoms with van der Waals surface area (Å²) in [5.41, 5.74) is 1.96. The maximum absolute atomic E-state index is 12.4. The molecular weight excluding hydrogens is 341 g/mol. The van der Waals surface area contributed by atoms with E-state index in [0.29, 0.717) is 43.6 Å². The maximum Gasteiger partial charge on any atom is 0.401 e. The van der Waals surface area contributed by atoms with Gasteiger partial charge in [0.15, 0.2) is 0 Å². The van der Waals surface area contributed by atoms with Crippen LogP contribution in [0.15, 0.2) is 18.2 Å². The minimum Gasteiger partial charge on any atom is -0.352 e. The molecule has 0 aliphatic carbocycles. The fourth-order valence-electron chi connectivity index (χ4n) is 2.86. The first-order valence-corrected chi connectivity index (χ1v) is 8.43. The van der Waals surface area contributed by atoms with Crippen LogP contribution in [0.4, 0.5) is 13.2 Å². The predicted molar refractivity (Wildman–Crippen MR) is 85.0 cm³/mol. The minimum absolute atomic E-state index is 0.192. The molecule has 0 spiro atoms. The maximum atomic E-state index is 12.4. The van der Waals surface area contributed by atoms with Gasteiger partial charge in [-0.2, -0.15) is 21.9 Å². The number of alkyl halides is 3. The lowest BCUT2D eigenvalue weighted by molar-refractivity contribution is -0.148. The van der Waals surface area contributed by atoms with Gasteiger partial charge in [0.25, 0.3) is 5.91 Å². The highest BCUT2D eigenvalue weighted by molar-refractivity contribution is 7.00. The lowest BCUT2D eigenvalue weighted by Crippen LogP contribution is -2.42. The van der Waals surface area contributed by atoms with E-state index in [1.165, 1.54) is 4.90 Å². The number of hydrogen-bond acceptors (Lipinski definition) is 5. The summed E-state index contributed by atoms with van der Waals surface area (Å²) in [5.74, 6) is 0.0192. The Bertz CT molecular complexity index is 710.